The Morgan fingerprint density at radius 3 is 2.45 bits per heavy atom. The molecule has 5 rings (SSSR count). The lowest BCUT2D eigenvalue weighted by molar-refractivity contribution is 0.0764. The van der Waals surface area contributed by atoms with Crippen molar-refractivity contribution in [3.8, 4) is 5.75 Å². The zero-order valence-electron chi connectivity index (χ0n) is 18.8. The number of aromatic amines is 1. The molecule has 2 aromatic carbocycles. The van der Waals surface area contributed by atoms with E-state index in [1.54, 1.807) is 25.3 Å². The third-order valence-electron chi connectivity index (χ3n) is 6.95. The molecule has 3 aromatic rings. The predicted molar refractivity (Wildman–Crippen MR) is 127 cm³/mol. The summed E-state index contributed by atoms with van der Waals surface area (Å²) in [5, 5.41) is 0.616. The highest BCUT2D eigenvalue weighted by molar-refractivity contribution is 6.15. The molecule has 171 valence electrons. The molecule has 2 amide bonds. The fraction of sp³-hybridized carbons (Fsp3) is 0.346. The first-order valence-electron chi connectivity index (χ1n) is 11.4. The van der Waals surface area contributed by atoms with Crippen LogP contribution in [0, 0.1) is 18.3 Å². The number of H-pyrrole nitrogens is 1. The van der Waals surface area contributed by atoms with Gasteiger partial charge in [-0.25, -0.2) is 0 Å². The first kappa shape index (κ1) is 21.5. The zero-order chi connectivity index (χ0) is 22.9. The van der Waals surface area contributed by atoms with Gasteiger partial charge in [0.1, 0.15) is 11.4 Å². The summed E-state index contributed by atoms with van der Waals surface area (Å²) in [6, 6.07) is 15.8. The Morgan fingerprint density at radius 1 is 1.06 bits per heavy atom. The van der Waals surface area contributed by atoms with Gasteiger partial charge in [-0.15, -0.1) is 0 Å². The Kier molecular flexibility index (Phi) is 5.81. The molecule has 0 aliphatic carbocycles. The Labute approximate surface area is 193 Å². The number of carbonyl (C=O) groups excluding carboxylic acids is 2. The van der Waals surface area contributed by atoms with Crippen molar-refractivity contribution in [3.63, 3.8) is 0 Å². The Morgan fingerprint density at radius 2 is 1.79 bits per heavy atom. The van der Waals surface area contributed by atoms with Gasteiger partial charge in [0, 0.05) is 31.6 Å². The average molecular weight is 446 g/mol. The van der Waals surface area contributed by atoms with Gasteiger partial charge < -0.3 is 25.3 Å². The number of nitrogens with two attached hydrogens (primary N) is 1. The minimum Gasteiger partial charge on any atom is -0.495 e. The van der Waals surface area contributed by atoms with Gasteiger partial charge in [0.05, 0.1) is 18.2 Å². The van der Waals surface area contributed by atoms with Crippen molar-refractivity contribution in [2.24, 2.45) is 17.6 Å². The fourth-order valence-electron chi connectivity index (χ4n) is 5.38. The van der Waals surface area contributed by atoms with Crippen molar-refractivity contribution in [1.29, 1.82) is 0 Å². The van der Waals surface area contributed by atoms with Crippen molar-refractivity contribution in [2.75, 3.05) is 39.8 Å². The number of primary amides is 1. The highest BCUT2D eigenvalue weighted by Crippen LogP contribution is 2.34. The molecule has 33 heavy (non-hydrogen) atoms. The van der Waals surface area contributed by atoms with Gasteiger partial charge in [0.2, 0.25) is 0 Å². The van der Waals surface area contributed by atoms with Crippen molar-refractivity contribution in [3.05, 3.63) is 71.8 Å². The van der Waals surface area contributed by atoms with Crippen LogP contribution in [0.15, 0.2) is 48.5 Å². The molecule has 3 heterocycles. The first-order valence-corrected chi connectivity index (χ1v) is 11.4. The molecule has 2 aliphatic heterocycles. The number of hydrogen-bond acceptors (Lipinski definition) is 4. The second-order valence-corrected chi connectivity index (χ2v) is 9.02. The highest BCUT2D eigenvalue weighted by Gasteiger charge is 2.42. The van der Waals surface area contributed by atoms with Crippen LogP contribution in [-0.4, -0.2) is 66.4 Å². The number of para-hydroxylation sites is 1. The summed E-state index contributed by atoms with van der Waals surface area (Å²) in [4.78, 5) is 33.1. The third kappa shape index (κ3) is 4.09. The van der Waals surface area contributed by atoms with E-state index in [2.05, 4.69) is 40.6 Å². The van der Waals surface area contributed by atoms with E-state index in [0.29, 0.717) is 41.6 Å². The smallest absolute Gasteiger partial charge is 0.271 e. The molecule has 2 aliphatic rings. The number of ether oxygens (including phenoxy) is 1. The molecule has 0 spiro atoms. The van der Waals surface area contributed by atoms with Crippen molar-refractivity contribution >= 4 is 22.7 Å². The Bertz CT molecular complexity index is 1160. The summed E-state index contributed by atoms with van der Waals surface area (Å²) in [6.07, 6.45) is 3.30. The number of likely N-dealkylation sites (tertiary alicyclic amines) is 2. The molecule has 3 N–H and O–H groups in total. The number of hydrogen-bond donors (Lipinski definition) is 2. The topological polar surface area (TPSA) is 91.7 Å². The van der Waals surface area contributed by atoms with Crippen LogP contribution in [0.2, 0.25) is 0 Å². The maximum Gasteiger partial charge on any atom is 0.271 e. The third-order valence-corrected chi connectivity index (χ3v) is 6.95. The van der Waals surface area contributed by atoms with E-state index >= 15 is 0 Å². The monoisotopic (exact) mass is 445 g/mol. The molecular formula is C26H29N4O3. The van der Waals surface area contributed by atoms with E-state index in [1.165, 1.54) is 5.56 Å². The van der Waals surface area contributed by atoms with Crippen LogP contribution >= 0.6 is 0 Å². The van der Waals surface area contributed by atoms with Gasteiger partial charge in [-0.3, -0.25) is 9.59 Å². The highest BCUT2D eigenvalue weighted by atomic mass is 16.5. The number of methoxy groups -OCH3 is 1. The first-order chi connectivity index (χ1) is 16.0. The quantitative estimate of drug-likeness (QED) is 0.585. The number of aromatic nitrogens is 1. The molecule has 2 atom stereocenters. The van der Waals surface area contributed by atoms with Crippen LogP contribution in [-0.2, 0) is 0 Å². The molecule has 1 aromatic heterocycles. The van der Waals surface area contributed by atoms with Crippen LogP contribution in [0.4, 0.5) is 0 Å². The van der Waals surface area contributed by atoms with Crippen molar-refractivity contribution in [1.82, 2.24) is 14.8 Å². The maximum absolute atomic E-state index is 13.4. The lowest BCUT2D eigenvalue weighted by Gasteiger charge is -2.21. The molecule has 7 nitrogen and oxygen atoms in total. The van der Waals surface area contributed by atoms with Gasteiger partial charge in [-0.05, 0) is 42.9 Å². The largest absolute Gasteiger partial charge is 0.495 e. The minimum atomic E-state index is -0.613. The zero-order valence-corrected chi connectivity index (χ0v) is 18.8. The van der Waals surface area contributed by atoms with Gasteiger partial charge in [0.15, 0.2) is 0 Å². The van der Waals surface area contributed by atoms with E-state index in [-0.39, 0.29) is 17.2 Å². The number of rotatable bonds is 7. The Hall–Kier alpha value is -3.32. The lowest BCUT2D eigenvalue weighted by Crippen LogP contribution is -2.34. The summed E-state index contributed by atoms with van der Waals surface area (Å²) in [6.45, 7) is 4.43. The van der Waals surface area contributed by atoms with Crippen molar-refractivity contribution < 1.29 is 14.3 Å². The molecule has 2 fully saturated rings. The summed E-state index contributed by atoms with van der Waals surface area (Å²) in [7, 11) is 1.56. The van der Waals surface area contributed by atoms with Crippen LogP contribution in [0.25, 0.3) is 10.9 Å². The maximum atomic E-state index is 13.4. The van der Waals surface area contributed by atoms with Crippen LogP contribution < -0.4 is 10.5 Å². The fourth-order valence-corrected chi connectivity index (χ4v) is 5.38. The molecule has 0 saturated carbocycles. The predicted octanol–water partition coefficient (Wildman–Crippen LogP) is 2.92. The van der Waals surface area contributed by atoms with Crippen LogP contribution in [0.3, 0.4) is 0 Å². The number of carbonyl (C=O) groups is 2. The van der Waals surface area contributed by atoms with Gasteiger partial charge in [-0.2, -0.15) is 0 Å². The van der Waals surface area contributed by atoms with Crippen LogP contribution in [0.5, 0.6) is 5.75 Å². The van der Waals surface area contributed by atoms with Gasteiger partial charge >= 0.3 is 0 Å². The lowest BCUT2D eigenvalue weighted by atomic mass is 10.0. The second kappa shape index (κ2) is 8.90. The number of benzene rings is 2. The van der Waals surface area contributed by atoms with E-state index < -0.39 is 5.91 Å². The molecule has 1 radical (unpaired) electrons. The number of amides is 2. The molecule has 7 heteroatoms. The SMILES string of the molecule is COc1cccc2c(C(N)=O)c(C(=O)N3CC4CN(CC[CH]c5ccccc5)C[C@H]4C3)[nH]c12. The number of nitrogens with zero attached hydrogens (tertiary/aromatic N) is 2. The molecule has 1 unspecified atom stereocenters. The standard InChI is InChI=1S/C26H29N4O3/c1-33-21-11-5-10-20-22(25(27)31)24(28-23(20)21)26(32)30-15-18-13-29(14-19(18)16-30)12-6-9-17-7-3-2-4-8-17/h2-5,7-11,18-19,28H,6,12-16H2,1H3,(H2,27,31)/t18-,19?/m0/s1. The number of nitrogens with one attached hydrogen (secondary N) is 1. The summed E-state index contributed by atoms with van der Waals surface area (Å²) >= 11 is 0. The van der Waals surface area contributed by atoms with E-state index in [9.17, 15) is 9.59 Å². The molecular weight excluding hydrogens is 416 g/mol. The Balaban J connectivity index is 1.24. The molecule has 2 saturated heterocycles. The number of fused-ring (bicyclic) bond motifs is 2. The molecule has 0 bridgehead atoms. The average Bonchev–Trinajstić information content (AvgIpc) is 3.50. The summed E-state index contributed by atoms with van der Waals surface area (Å²) in [5.41, 5.74) is 8.05. The summed E-state index contributed by atoms with van der Waals surface area (Å²) in [5.74, 6) is 0.719. The van der Waals surface area contributed by atoms with Crippen molar-refractivity contribution in [2.45, 2.75) is 6.42 Å². The van der Waals surface area contributed by atoms with Gasteiger partial charge in [-0.1, -0.05) is 42.5 Å². The van der Waals surface area contributed by atoms with E-state index in [4.69, 9.17) is 10.5 Å². The van der Waals surface area contributed by atoms with Crippen LogP contribution in [0.1, 0.15) is 32.8 Å². The normalized spacial score (nSPS) is 20.3. The summed E-state index contributed by atoms with van der Waals surface area (Å²) < 4.78 is 5.40. The minimum absolute atomic E-state index is 0.166. The van der Waals surface area contributed by atoms with E-state index in [0.717, 1.165) is 26.1 Å². The van der Waals surface area contributed by atoms with Gasteiger partial charge in [0.25, 0.3) is 11.8 Å². The van der Waals surface area contributed by atoms with E-state index in [1.807, 2.05) is 11.0 Å². The second-order valence-electron chi connectivity index (χ2n) is 9.02.